The SMILES string of the molecule is C=C/C(=C\C(=C/C)N(C)Cc1ccc(C)c(C)c1)c1ccc/c(=C/C=C\C)c1=C.CC. The minimum absolute atomic E-state index is 0.855. The number of allylic oxidation sites excluding steroid dienone is 6. The molecule has 2 aromatic carbocycles. The fourth-order valence-electron chi connectivity index (χ4n) is 3.32. The lowest BCUT2D eigenvalue weighted by Gasteiger charge is -2.22. The number of rotatable bonds is 7. The average molecular weight is 414 g/mol. The Hall–Kier alpha value is -3.06. The summed E-state index contributed by atoms with van der Waals surface area (Å²) in [7, 11) is 2.13. The quantitative estimate of drug-likeness (QED) is 0.456. The highest BCUT2D eigenvalue weighted by molar-refractivity contribution is 5.76. The van der Waals surface area contributed by atoms with Gasteiger partial charge in [0.1, 0.15) is 0 Å². The molecule has 0 radical (unpaired) electrons. The van der Waals surface area contributed by atoms with Crippen LogP contribution in [0.15, 0.2) is 79.1 Å². The molecule has 0 aromatic heterocycles. The highest BCUT2D eigenvalue weighted by atomic mass is 15.1. The zero-order valence-corrected chi connectivity index (χ0v) is 20.5. The maximum Gasteiger partial charge on any atom is 0.0426 e. The van der Waals surface area contributed by atoms with Gasteiger partial charge in [0.25, 0.3) is 0 Å². The zero-order chi connectivity index (χ0) is 23.4. The van der Waals surface area contributed by atoms with Crippen LogP contribution in [0.25, 0.3) is 18.2 Å². The van der Waals surface area contributed by atoms with Gasteiger partial charge in [0.2, 0.25) is 0 Å². The summed E-state index contributed by atoms with van der Waals surface area (Å²) in [6.45, 7) is 21.6. The summed E-state index contributed by atoms with van der Waals surface area (Å²) in [5.74, 6) is 0. The maximum atomic E-state index is 4.32. The molecule has 1 heteroatoms. The van der Waals surface area contributed by atoms with E-state index in [0.29, 0.717) is 0 Å². The Morgan fingerprint density at radius 1 is 1.03 bits per heavy atom. The molecule has 0 amide bonds. The number of hydrogen-bond donors (Lipinski definition) is 0. The van der Waals surface area contributed by atoms with E-state index in [4.69, 9.17) is 0 Å². The van der Waals surface area contributed by atoms with Gasteiger partial charge < -0.3 is 4.90 Å². The molecular weight excluding hydrogens is 374 g/mol. The fraction of sp³-hybridized carbons (Fsp3) is 0.267. The summed E-state index contributed by atoms with van der Waals surface area (Å²) in [6.07, 6.45) is 12.4. The molecule has 0 bridgehead atoms. The number of aryl methyl sites for hydroxylation is 2. The third-order valence-electron chi connectivity index (χ3n) is 5.24. The number of nitrogens with zero attached hydrogens (tertiary/aromatic N) is 1. The number of benzene rings is 2. The third kappa shape index (κ3) is 7.29. The Balaban J connectivity index is 0.00000233. The van der Waals surface area contributed by atoms with Crippen LogP contribution in [0.5, 0.6) is 0 Å². The van der Waals surface area contributed by atoms with Crippen LogP contribution in [0, 0.1) is 13.8 Å². The highest BCUT2D eigenvalue weighted by Crippen LogP contribution is 2.18. The molecule has 0 spiro atoms. The Kier molecular flexibility index (Phi) is 11.1. The van der Waals surface area contributed by atoms with Crippen molar-refractivity contribution in [3.05, 3.63) is 112 Å². The molecule has 0 aliphatic rings. The van der Waals surface area contributed by atoms with E-state index in [-0.39, 0.29) is 0 Å². The first kappa shape index (κ1) is 26.0. The highest BCUT2D eigenvalue weighted by Gasteiger charge is 2.07. The van der Waals surface area contributed by atoms with Gasteiger partial charge in [-0.3, -0.25) is 0 Å². The zero-order valence-electron chi connectivity index (χ0n) is 20.5. The lowest BCUT2D eigenvalue weighted by atomic mass is 10.0. The normalized spacial score (nSPS) is 12.5. The minimum Gasteiger partial charge on any atom is -0.371 e. The van der Waals surface area contributed by atoms with Gasteiger partial charge in [0.05, 0.1) is 0 Å². The van der Waals surface area contributed by atoms with Gasteiger partial charge in [0, 0.05) is 19.3 Å². The van der Waals surface area contributed by atoms with Gasteiger partial charge in [0.15, 0.2) is 0 Å². The van der Waals surface area contributed by atoms with Crippen molar-refractivity contribution in [2.45, 2.75) is 48.1 Å². The summed E-state index contributed by atoms with van der Waals surface area (Å²) in [4.78, 5) is 2.27. The summed E-state index contributed by atoms with van der Waals surface area (Å²) in [5.41, 5.74) is 7.30. The first-order valence-electron chi connectivity index (χ1n) is 11.1. The van der Waals surface area contributed by atoms with Crippen LogP contribution in [0.3, 0.4) is 0 Å². The molecule has 0 fully saturated rings. The van der Waals surface area contributed by atoms with Crippen LogP contribution in [-0.4, -0.2) is 11.9 Å². The van der Waals surface area contributed by atoms with E-state index < -0.39 is 0 Å². The van der Waals surface area contributed by atoms with E-state index in [1.165, 1.54) is 16.7 Å². The van der Waals surface area contributed by atoms with E-state index >= 15 is 0 Å². The number of hydrogen-bond acceptors (Lipinski definition) is 1. The Morgan fingerprint density at radius 2 is 1.74 bits per heavy atom. The van der Waals surface area contributed by atoms with Gasteiger partial charge in [-0.25, -0.2) is 0 Å². The van der Waals surface area contributed by atoms with Crippen LogP contribution in [-0.2, 0) is 6.54 Å². The van der Waals surface area contributed by atoms with Crippen molar-refractivity contribution in [1.29, 1.82) is 0 Å². The molecule has 0 aliphatic carbocycles. The standard InChI is InChI=1S/C28H33N.C2H6/c1-8-11-13-26-14-12-15-28(23(26)6)25(9-2)19-27(10-3)29(7)20-24-17-16-21(4)22(5)18-24;1-2/h8-19H,2,6,20H2,1,3-5,7H3;1-2H3/b11-8-,25-19+,26-13-,27-10+;. The molecule has 0 saturated heterocycles. The molecule has 0 heterocycles. The van der Waals surface area contributed by atoms with Gasteiger partial charge >= 0.3 is 0 Å². The minimum atomic E-state index is 0.855. The van der Waals surface area contributed by atoms with E-state index in [1.807, 2.05) is 39.0 Å². The second kappa shape index (κ2) is 13.3. The van der Waals surface area contributed by atoms with Crippen molar-refractivity contribution in [2.75, 3.05) is 7.05 Å². The van der Waals surface area contributed by atoms with Crippen LogP contribution in [0.4, 0.5) is 0 Å². The molecule has 2 rings (SSSR count). The molecule has 0 saturated carbocycles. The molecule has 1 nitrogen and oxygen atoms in total. The molecule has 0 aliphatic heterocycles. The van der Waals surface area contributed by atoms with Gasteiger partial charge in [-0.1, -0.05) is 93.8 Å². The molecule has 2 aromatic rings. The molecule has 31 heavy (non-hydrogen) atoms. The van der Waals surface area contributed by atoms with Crippen LogP contribution in [0.1, 0.15) is 49.9 Å². The Bertz CT molecular complexity index is 1060. The van der Waals surface area contributed by atoms with Crippen molar-refractivity contribution in [1.82, 2.24) is 4.90 Å². The van der Waals surface area contributed by atoms with Gasteiger partial charge in [-0.2, -0.15) is 0 Å². The Morgan fingerprint density at radius 3 is 2.32 bits per heavy atom. The smallest absolute Gasteiger partial charge is 0.0426 e. The van der Waals surface area contributed by atoms with E-state index in [1.54, 1.807) is 0 Å². The second-order valence-electron chi connectivity index (χ2n) is 7.36. The van der Waals surface area contributed by atoms with Gasteiger partial charge in [-0.05, 0) is 72.0 Å². The Labute approximate surface area is 190 Å². The predicted octanol–water partition coefficient (Wildman–Crippen LogP) is 6.70. The lowest BCUT2D eigenvalue weighted by molar-refractivity contribution is 0.424. The molecule has 164 valence electrons. The predicted molar refractivity (Wildman–Crippen MR) is 141 cm³/mol. The summed E-state index contributed by atoms with van der Waals surface area (Å²) in [5, 5.41) is 2.14. The molecule has 0 N–H and O–H groups in total. The van der Waals surface area contributed by atoms with Crippen molar-refractivity contribution in [3.8, 4) is 0 Å². The molecular formula is C30H39N. The first-order chi connectivity index (χ1) is 14.9. The summed E-state index contributed by atoms with van der Waals surface area (Å²) < 4.78 is 0. The van der Waals surface area contributed by atoms with Crippen molar-refractivity contribution in [2.24, 2.45) is 0 Å². The molecule has 0 unspecified atom stereocenters. The van der Waals surface area contributed by atoms with Gasteiger partial charge in [-0.15, -0.1) is 0 Å². The van der Waals surface area contributed by atoms with E-state index in [9.17, 15) is 0 Å². The van der Waals surface area contributed by atoms with E-state index in [0.717, 1.165) is 33.8 Å². The van der Waals surface area contributed by atoms with Crippen molar-refractivity contribution >= 4 is 18.2 Å². The summed E-state index contributed by atoms with van der Waals surface area (Å²) >= 11 is 0. The maximum absolute atomic E-state index is 4.32. The van der Waals surface area contributed by atoms with Crippen molar-refractivity contribution in [3.63, 3.8) is 0 Å². The number of likely N-dealkylation sites (N-methyl/N-ethyl adjacent to an activating group) is 1. The van der Waals surface area contributed by atoms with Crippen LogP contribution >= 0.6 is 0 Å². The third-order valence-corrected chi connectivity index (χ3v) is 5.24. The monoisotopic (exact) mass is 413 g/mol. The lowest BCUT2D eigenvalue weighted by Crippen LogP contribution is -2.26. The summed E-state index contributed by atoms with van der Waals surface area (Å²) in [6, 6.07) is 12.9. The van der Waals surface area contributed by atoms with Crippen molar-refractivity contribution < 1.29 is 0 Å². The topological polar surface area (TPSA) is 3.24 Å². The fourth-order valence-corrected chi connectivity index (χ4v) is 3.32. The molecule has 0 atom stereocenters. The second-order valence-corrected chi connectivity index (χ2v) is 7.36. The first-order valence-corrected chi connectivity index (χ1v) is 11.1. The average Bonchev–Trinajstić information content (AvgIpc) is 2.78. The largest absolute Gasteiger partial charge is 0.371 e. The van der Waals surface area contributed by atoms with Crippen LogP contribution < -0.4 is 10.4 Å². The van der Waals surface area contributed by atoms with E-state index in [2.05, 4.69) is 101 Å². The van der Waals surface area contributed by atoms with Crippen LogP contribution in [0.2, 0.25) is 0 Å².